The third kappa shape index (κ3) is 4.55. The van der Waals surface area contributed by atoms with Crippen LogP contribution in [-0.4, -0.2) is 25.3 Å². The van der Waals surface area contributed by atoms with Gasteiger partial charge in [0.1, 0.15) is 0 Å². The number of hydrogen-bond donors (Lipinski definition) is 1. The maximum absolute atomic E-state index is 6.11. The summed E-state index contributed by atoms with van der Waals surface area (Å²) in [5.41, 5.74) is 4.31. The van der Waals surface area contributed by atoms with Gasteiger partial charge in [-0.3, -0.25) is 0 Å². The molecule has 2 rings (SSSR count). The van der Waals surface area contributed by atoms with Crippen LogP contribution in [0.15, 0.2) is 18.2 Å². The van der Waals surface area contributed by atoms with E-state index < -0.39 is 0 Å². The molecule has 1 fully saturated rings. The number of hydrogen-bond acceptors (Lipinski definition) is 2. The van der Waals surface area contributed by atoms with Crippen molar-refractivity contribution in [3.05, 3.63) is 34.9 Å². The molecule has 2 nitrogen and oxygen atoms in total. The van der Waals surface area contributed by atoms with Gasteiger partial charge in [-0.1, -0.05) is 25.1 Å². The van der Waals surface area contributed by atoms with Crippen molar-refractivity contribution >= 4 is 0 Å². The maximum atomic E-state index is 6.11. The van der Waals surface area contributed by atoms with Gasteiger partial charge >= 0.3 is 0 Å². The van der Waals surface area contributed by atoms with Crippen LogP contribution >= 0.6 is 0 Å². The quantitative estimate of drug-likeness (QED) is 0.741. The molecule has 0 saturated heterocycles. The van der Waals surface area contributed by atoms with Gasteiger partial charge in [0.05, 0.1) is 6.10 Å². The van der Waals surface area contributed by atoms with Crippen molar-refractivity contribution in [3.8, 4) is 0 Å². The number of nitrogens with one attached hydrogen (secondary N) is 1. The van der Waals surface area contributed by atoms with Crippen molar-refractivity contribution in [2.75, 3.05) is 13.2 Å². The topological polar surface area (TPSA) is 21.3 Å². The third-order valence-electron chi connectivity index (χ3n) is 4.57. The van der Waals surface area contributed by atoms with E-state index in [4.69, 9.17) is 4.74 Å². The Hall–Kier alpha value is -0.860. The van der Waals surface area contributed by atoms with Crippen LogP contribution in [0.25, 0.3) is 0 Å². The minimum absolute atomic E-state index is 0.376. The van der Waals surface area contributed by atoms with E-state index in [0.717, 1.165) is 25.5 Å². The highest BCUT2D eigenvalue weighted by Crippen LogP contribution is 2.37. The summed E-state index contributed by atoms with van der Waals surface area (Å²) in [6.07, 6.45) is 5.30. The van der Waals surface area contributed by atoms with Gasteiger partial charge < -0.3 is 10.1 Å². The average molecular weight is 289 g/mol. The van der Waals surface area contributed by atoms with E-state index in [-0.39, 0.29) is 0 Å². The average Bonchev–Trinajstić information content (AvgIpc) is 3.29. The lowest BCUT2D eigenvalue weighted by atomic mass is 9.92. The first-order valence-corrected chi connectivity index (χ1v) is 8.57. The molecule has 1 aromatic rings. The predicted octanol–water partition coefficient (Wildman–Crippen LogP) is 4.03. The zero-order valence-corrected chi connectivity index (χ0v) is 14.1. The molecule has 0 spiro atoms. The zero-order valence-electron chi connectivity index (χ0n) is 14.1. The minimum Gasteiger partial charge on any atom is -0.377 e. The SMILES string of the molecule is CCCNC(Cc1c(C)cccc1C)C(OCC)C1CC1. The molecule has 0 aromatic heterocycles. The van der Waals surface area contributed by atoms with Gasteiger partial charge in [0.15, 0.2) is 0 Å². The summed E-state index contributed by atoms with van der Waals surface area (Å²) in [7, 11) is 0. The first-order chi connectivity index (χ1) is 10.2. The Kier molecular flexibility index (Phi) is 6.25. The lowest BCUT2D eigenvalue weighted by Gasteiger charge is -2.29. The summed E-state index contributed by atoms with van der Waals surface area (Å²) < 4.78 is 6.11. The highest BCUT2D eigenvalue weighted by molar-refractivity contribution is 5.34. The van der Waals surface area contributed by atoms with Crippen molar-refractivity contribution in [1.82, 2.24) is 5.32 Å². The van der Waals surface area contributed by atoms with Gasteiger partial charge in [-0.15, -0.1) is 0 Å². The van der Waals surface area contributed by atoms with E-state index in [0.29, 0.717) is 12.1 Å². The fourth-order valence-corrected chi connectivity index (χ4v) is 3.22. The molecular weight excluding hydrogens is 258 g/mol. The summed E-state index contributed by atoms with van der Waals surface area (Å²) in [4.78, 5) is 0. The van der Waals surface area contributed by atoms with Crippen LogP contribution < -0.4 is 5.32 Å². The Bertz CT molecular complexity index is 419. The Labute approximate surface area is 130 Å². The summed E-state index contributed by atoms with van der Waals surface area (Å²) in [6.45, 7) is 10.7. The first kappa shape index (κ1) is 16.5. The lowest BCUT2D eigenvalue weighted by Crippen LogP contribution is -2.45. The monoisotopic (exact) mass is 289 g/mol. The van der Waals surface area contributed by atoms with E-state index in [1.165, 1.54) is 36.0 Å². The van der Waals surface area contributed by atoms with Crippen LogP contribution in [0.5, 0.6) is 0 Å². The zero-order chi connectivity index (χ0) is 15.2. The first-order valence-electron chi connectivity index (χ1n) is 8.57. The molecule has 1 saturated carbocycles. The predicted molar refractivity (Wildman–Crippen MR) is 89.8 cm³/mol. The van der Waals surface area contributed by atoms with E-state index >= 15 is 0 Å². The Morgan fingerprint density at radius 1 is 1.19 bits per heavy atom. The highest BCUT2D eigenvalue weighted by atomic mass is 16.5. The summed E-state index contributed by atoms with van der Waals surface area (Å²) in [5.74, 6) is 0.767. The molecule has 118 valence electrons. The van der Waals surface area contributed by atoms with Gasteiger partial charge in [0.25, 0.3) is 0 Å². The van der Waals surface area contributed by atoms with Crippen molar-refractivity contribution < 1.29 is 4.74 Å². The van der Waals surface area contributed by atoms with Crippen molar-refractivity contribution in [2.24, 2.45) is 5.92 Å². The van der Waals surface area contributed by atoms with Gasteiger partial charge in [-0.2, -0.15) is 0 Å². The number of aryl methyl sites for hydroxylation is 2. The fourth-order valence-electron chi connectivity index (χ4n) is 3.22. The molecule has 2 unspecified atom stereocenters. The number of benzene rings is 1. The summed E-state index contributed by atoms with van der Waals surface area (Å²) >= 11 is 0. The van der Waals surface area contributed by atoms with Crippen LogP contribution in [0.1, 0.15) is 49.8 Å². The largest absolute Gasteiger partial charge is 0.377 e. The van der Waals surface area contributed by atoms with Gasteiger partial charge in [-0.05, 0) is 75.6 Å². The Morgan fingerprint density at radius 2 is 1.86 bits per heavy atom. The molecule has 0 aliphatic heterocycles. The van der Waals surface area contributed by atoms with Crippen LogP contribution in [0.3, 0.4) is 0 Å². The van der Waals surface area contributed by atoms with Crippen LogP contribution in [0, 0.1) is 19.8 Å². The highest BCUT2D eigenvalue weighted by Gasteiger charge is 2.37. The second-order valence-corrected chi connectivity index (χ2v) is 6.39. The molecular formula is C19H31NO. The van der Waals surface area contributed by atoms with Crippen LogP contribution in [0.4, 0.5) is 0 Å². The van der Waals surface area contributed by atoms with Gasteiger partial charge in [0, 0.05) is 12.6 Å². The lowest BCUT2D eigenvalue weighted by molar-refractivity contribution is 0.0192. The van der Waals surface area contributed by atoms with E-state index in [2.05, 4.69) is 51.2 Å². The molecule has 21 heavy (non-hydrogen) atoms. The van der Waals surface area contributed by atoms with Crippen LogP contribution in [0.2, 0.25) is 0 Å². The molecule has 0 heterocycles. The molecule has 0 amide bonds. The summed E-state index contributed by atoms with van der Waals surface area (Å²) in [6, 6.07) is 7.05. The van der Waals surface area contributed by atoms with E-state index in [1.54, 1.807) is 0 Å². The standard InChI is InChI=1S/C19H31NO/c1-5-12-20-18(19(21-6-2)16-10-11-16)13-17-14(3)8-7-9-15(17)4/h7-9,16,18-20H,5-6,10-13H2,1-4H3. The normalized spacial score (nSPS) is 17.7. The maximum Gasteiger partial charge on any atom is 0.0759 e. The Morgan fingerprint density at radius 3 is 2.38 bits per heavy atom. The number of ether oxygens (including phenoxy) is 1. The fraction of sp³-hybridized carbons (Fsp3) is 0.684. The minimum atomic E-state index is 0.376. The smallest absolute Gasteiger partial charge is 0.0759 e. The second-order valence-electron chi connectivity index (χ2n) is 6.39. The molecule has 1 N–H and O–H groups in total. The van der Waals surface area contributed by atoms with Crippen molar-refractivity contribution in [1.29, 1.82) is 0 Å². The molecule has 1 aromatic carbocycles. The molecule has 0 radical (unpaired) electrons. The van der Waals surface area contributed by atoms with Crippen molar-refractivity contribution in [3.63, 3.8) is 0 Å². The number of rotatable bonds is 9. The summed E-state index contributed by atoms with van der Waals surface area (Å²) in [5, 5.41) is 3.75. The van der Waals surface area contributed by atoms with Gasteiger partial charge in [-0.25, -0.2) is 0 Å². The third-order valence-corrected chi connectivity index (χ3v) is 4.57. The molecule has 2 heteroatoms. The molecule has 1 aliphatic carbocycles. The van der Waals surface area contributed by atoms with Crippen LogP contribution in [-0.2, 0) is 11.2 Å². The second kappa shape index (κ2) is 7.95. The molecule has 1 aliphatic rings. The Balaban J connectivity index is 2.14. The van der Waals surface area contributed by atoms with Crippen molar-refractivity contribution in [2.45, 2.75) is 65.5 Å². The van der Waals surface area contributed by atoms with Gasteiger partial charge in [0.2, 0.25) is 0 Å². The molecule has 2 atom stereocenters. The van der Waals surface area contributed by atoms with E-state index in [1.807, 2.05) is 0 Å². The molecule has 0 bridgehead atoms. The van der Waals surface area contributed by atoms with E-state index in [9.17, 15) is 0 Å².